The van der Waals surface area contributed by atoms with Crippen molar-refractivity contribution in [3.8, 4) is 0 Å². The number of nitrogens with one attached hydrogen (secondary N) is 1. The highest BCUT2D eigenvalue weighted by Gasteiger charge is 2.29. The molecule has 2 rings (SSSR count). The molecule has 0 aromatic carbocycles. The number of esters is 1. The number of carbonyl (C=O) groups excluding carboxylic acids is 1. The maximum Gasteiger partial charge on any atom is 0.324 e. The fourth-order valence-corrected chi connectivity index (χ4v) is 1.62. The van der Waals surface area contributed by atoms with Gasteiger partial charge in [0.2, 0.25) is 0 Å². The SMILES string of the molecule is COC(=O)C(Cn1ccc(C)n1)NC1CC1. The molecular weight excluding hydrogens is 206 g/mol. The summed E-state index contributed by atoms with van der Waals surface area (Å²) in [7, 11) is 1.41. The first-order chi connectivity index (χ1) is 7.69. The first-order valence-corrected chi connectivity index (χ1v) is 5.53. The minimum absolute atomic E-state index is 0.222. The summed E-state index contributed by atoms with van der Waals surface area (Å²) in [4.78, 5) is 11.6. The number of hydrogen-bond acceptors (Lipinski definition) is 4. The summed E-state index contributed by atoms with van der Waals surface area (Å²) in [6.07, 6.45) is 4.16. The van der Waals surface area contributed by atoms with Crippen molar-refractivity contribution in [1.82, 2.24) is 15.1 Å². The predicted molar refractivity (Wildman–Crippen MR) is 58.9 cm³/mol. The van der Waals surface area contributed by atoms with Crippen molar-refractivity contribution >= 4 is 5.97 Å². The zero-order chi connectivity index (χ0) is 11.5. The van der Waals surface area contributed by atoms with Crippen LogP contribution < -0.4 is 5.32 Å². The number of nitrogens with zero attached hydrogens (tertiary/aromatic N) is 2. The minimum Gasteiger partial charge on any atom is -0.468 e. The summed E-state index contributed by atoms with van der Waals surface area (Å²) in [5.41, 5.74) is 0.954. The fourth-order valence-electron chi connectivity index (χ4n) is 1.62. The lowest BCUT2D eigenvalue weighted by Crippen LogP contribution is -2.42. The topological polar surface area (TPSA) is 56.2 Å². The fraction of sp³-hybridized carbons (Fsp3) is 0.636. The zero-order valence-electron chi connectivity index (χ0n) is 9.64. The molecule has 16 heavy (non-hydrogen) atoms. The number of aromatic nitrogens is 2. The van der Waals surface area contributed by atoms with E-state index in [1.165, 1.54) is 7.11 Å². The van der Waals surface area contributed by atoms with Crippen LogP contribution in [0.2, 0.25) is 0 Å². The highest BCUT2D eigenvalue weighted by molar-refractivity contribution is 5.75. The number of hydrogen-bond donors (Lipinski definition) is 1. The molecule has 0 bridgehead atoms. The van der Waals surface area contributed by atoms with Gasteiger partial charge >= 0.3 is 5.97 Å². The lowest BCUT2D eigenvalue weighted by molar-refractivity contribution is -0.143. The molecule has 1 aromatic heterocycles. The molecule has 5 heteroatoms. The van der Waals surface area contributed by atoms with Gasteiger partial charge in [0.15, 0.2) is 0 Å². The Labute approximate surface area is 94.8 Å². The molecule has 0 saturated heterocycles. The molecule has 0 aliphatic heterocycles. The molecule has 1 heterocycles. The Morgan fingerprint density at radius 2 is 2.50 bits per heavy atom. The van der Waals surface area contributed by atoms with Gasteiger partial charge in [0.1, 0.15) is 6.04 Å². The first-order valence-electron chi connectivity index (χ1n) is 5.53. The van der Waals surface area contributed by atoms with Crippen molar-refractivity contribution < 1.29 is 9.53 Å². The third-order valence-corrected chi connectivity index (χ3v) is 2.64. The second-order valence-electron chi connectivity index (χ2n) is 4.20. The van der Waals surface area contributed by atoms with Crippen LogP contribution in [0.3, 0.4) is 0 Å². The van der Waals surface area contributed by atoms with Crippen molar-refractivity contribution in [1.29, 1.82) is 0 Å². The van der Waals surface area contributed by atoms with E-state index < -0.39 is 0 Å². The lowest BCUT2D eigenvalue weighted by Gasteiger charge is -2.15. The average Bonchev–Trinajstić information content (AvgIpc) is 2.99. The molecule has 1 atom stereocenters. The number of aryl methyl sites for hydroxylation is 1. The smallest absolute Gasteiger partial charge is 0.324 e. The Morgan fingerprint density at radius 1 is 1.75 bits per heavy atom. The predicted octanol–water partition coefficient (Wildman–Crippen LogP) is 0.485. The van der Waals surface area contributed by atoms with E-state index in [1.807, 2.05) is 19.2 Å². The molecule has 0 radical (unpaired) electrons. The molecule has 5 nitrogen and oxygen atoms in total. The monoisotopic (exact) mass is 223 g/mol. The molecular formula is C11H17N3O2. The molecule has 0 amide bonds. The van der Waals surface area contributed by atoms with Crippen molar-refractivity contribution in [3.05, 3.63) is 18.0 Å². The summed E-state index contributed by atoms with van der Waals surface area (Å²) in [5.74, 6) is -0.222. The largest absolute Gasteiger partial charge is 0.468 e. The molecule has 1 aliphatic carbocycles. The van der Waals surface area contributed by atoms with Gasteiger partial charge in [-0.05, 0) is 25.8 Å². The first kappa shape index (κ1) is 11.1. The van der Waals surface area contributed by atoms with Gasteiger partial charge in [-0.25, -0.2) is 0 Å². The van der Waals surface area contributed by atoms with Crippen LogP contribution in [0.25, 0.3) is 0 Å². The van der Waals surface area contributed by atoms with Gasteiger partial charge in [-0.2, -0.15) is 5.10 Å². The van der Waals surface area contributed by atoms with Gasteiger partial charge in [0.25, 0.3) is 0 Å². The summed E-state index contributed by atoms with van der Waals surface area (Å²) >= 11 is 0. The normalized spacial score (nSPS) is 17.1. The zero-order valence-corrected chi connectivity index (χ0v) is 9.64. The standard InChI is InChI=1S/C11H17N3O2/c1-8-5-6-14(13-8)7-10(11(15)16-2)12-9-3-4-9/h5-6,9-10,12H,3-4,7H2,1-2H3. The number of methoxy groups -OCH3 is 1. The van der Waals surface area contributed by atoms with Crippen LogP contribution in [-0.4, -0.2) is 34.9 Å². The maximum atomic E-state index is 11.6. The Morgan fingerprint density at radius 3 is 3.00 bits per heavy atom. The quantitative estimate of drug-likeness (QED) is 0.738. The number of ether oxygens (including phenoxy) is 1. The van der Waals surface area contributed by atoms with Crippen LogP contribution in [0, 0.1) is 6.92 Å². The molecule has 1 N–H and O–H groups in total. The summed E-state index contributed by atoms with van der Waals surface area (Å²) in [6.45, 7) is 2.45. The summed E-state index contributed by atoms with van der Waals surface area (Å²) in [6, 6.07) is 2.10. The number of carbonyl (C=O) groups is 1. The molecule has 1 aliphatic rings. The lowest BCUT2D eigenvalue weighted by atomic mass is 10.3. The van der Waals surface area contributed by atoms with Gasteiger partial charge in [-0.1, -0.05) is 0 Å². The van der Waals surface area contributed by atoms with E-state index in [0.717, 1.165) is 18.5 Å². The molecule has 0 spiro atoms. The van der Waals surface area contributed by atoms with E-state index in [-0.39, 0.29) is 12.0 Å². The third-order valence-electron chi connectivity index (χ3n) is 2.64. The second-order valence-corrected chi connectivity index (χ2v) is 4.20. The molecule has 1 aromatic rings. The van der Waals surface area contributed by atoms with E-state index in [1.54, 1.807) is 4.68 Å². The van der Waals surface area contributed by atoms with E-state index in [2.05, 4.69) is 10.4 Å². The summed E-state index contributed by atoms with van der Waals surface area (Å²) in [5, 5.41) is 7.53. The van der Waals surface area contributed by atoms with Crippen LogP contribution in [0.1, 0.15) is 18.5 Å². The Bertz CT molecular complexity index is 371. The van der Waals surface area contributed by atoms with Gasteiger partial charge in [0, 0.05) is 12.2 Å². The van der Waals surface area contributed by atoms with E-state index in [0.29, 0.717) is 12.6 Å². The van der Waals surface area contributed by atoms with Crippen LogP contribution >= 0.6 is 0 Å². The molecule has 1 saturated carbocycles. The Hall–Kier alpha value is -1.36. The van der Waals surface area contributed by atoms with Crippen LogP contribution in [0.4, 0.5) is 0 Å². The molecule has 88 valence electrons. The van der Waals surface area contributed by atoms with Crippen molar-refractivity contribution in [2.75, 3.05) is 7.11 Å². The van der Waals surface area contributed by atoms with E-state index in [4.69, 9.17) is 4.74 Å². The maximum absolute atomic E-state index is 11.6. The third kappa shape index (κ3) is 2.82. The van der Waals surface area contributed by atoms with Crippen molar-refractivity contribution in [3.63, 3.8) is 0 Å². The second kappa shape index (κ2) is 4.65. The average molecular weight is 223 g/mol. The molecule has 1 fully saturated rings. The van der Waals surface area contributed by atoms with Gasteiger partial charge < -0.3 is 10.1 Å². The van der Waals surface area contributed by atoms with Gasteiger partial charge in [0.05, 0.1) is 19.3 Å². The van der Waals surface area contributed by atoms with Crippen LogP contribution in [0.5, 0.6) is 0 Å². The highest BCUT2D eigenvalue weighted by atomic mass is 16.5. The van der Waals surface area contributed by atoms with Crippen molar-refractivity contribution in [2.45, 2.75) is 38.4 Å². The summed E-state index contributed by atoms with van der Waals surface area (Å²) < 4.78 is 6.55. The minimum atomic E-state index is -0.295. The van der Waals surface area contributed by atoms with E-state index >= 15 is 0 Å². The Balaban J connectivity index is 1.97. The number of rotatable bonds is 5. The van der Waals surface area contributed by atoms with Crippen LogP contribution in [0.15, 0.2) is 12.3 Å². The van der Waals surface area contributed by atoms with Gasteiger partial charge in [-0.15, -0.1) is 0 Å². The van der Waals surface area contributed by atoms with Crippen LogP contribution in [-0.2, 0) is 16.1 Å². The van der Waals surface area contributed by atoms with Crippen molar-refractivity contribution in [2.24, 2.45) is 0 Å². The Kier molecular flexibility index (Phi) is 3.24. The molecule has 1 unspecified atom stereocenters. The van der Waals surface area contributed by atoms with E-state index in [9.17, 15) is 4.79 Å². The van der Waals surface area contributed by atoms with Gasteiger partial charge in [-0.3, -0.25) is 9.48 Å². The highest BCUT2D eigenvalue weighted by Crippen LogP contribution is 2.19.